The zero-order valence-electron chi connectivity index (χ0n) is 11.5. The highest BCUT2D eigenvalue weighted by atomic mass is 16.5. The minimum Gasteiger partial charge on any atom is -0.377 e. The SMILES string of the molecule is CCC(CC)C(N)C1(OC)CCC(C)CC1. The van der Waals surface area contributed by atoms with Gasteiger partial charge in [0.25, 0.3) is 0 Å². The molecule has 1 rings (SSSR count). The van der Waals surface area contributed by atoms with Gasteiger partial charge in [0.15, 0.2) is 0 Å². The molecule has 0 spiro atoms. The Balaban J connectivity index is 2.71. The molecule has 0 radical (unpaired) electrons. The highest BCUT2D eigenvalue weighted by Gasteiger charge is 2.42. The third-order valence-electron chi connectivity index (χ3n) is 4.69. The Morgan fingerprint density at radius 1 is 1.25 bits per heavy atom. The molecule has 1 fully saturated rings. The maximum Gasteiger partial charge on any atom is 0.0831 e. The highest BCUT2D eigenvalue weighted by Crippen LogP contribution is 2.39. The number of hydrogen-bond donors (Lipinski definition) is 1. The molecular formula is C14H29NO. The maximum absolute atomic E-state index is 6.48. The lowest BCUT2D eigenvalue weighted by Crippen LogP contribution is -2.55. The number of hydrogen-bond acceptors (Lipinski definition) is 2. The van der Waals surface area contributed by atoms with Crippen molar-refractivity contribution in [3.05, 3.63) is 0 Å². The lowest BCUT2D eigenvalue weighted by Gasteiger charge is -2.45. The lowest BCUT2D eigenvalue weighted by atomic mass is 9.71. The summed E-state index contributed by atoms with van der Waals surface area (Å²) in [5, 5.41) is 0. The van der Waals surface area contributed by atoms with Gasteiger partial charge in [0.2, 0.25) is 0 Å². The van der Waals surface area contributed by atoms with Crippen molar-refractivity contribution in [1.82, 2.24) is 0 Å². The van der Waals surface area contributed by atoms with Crippen molar-refractivity contribution in [2.24, 2.45) is 17.6 Å². The van der Waals surface area contributed by atoms with E-state index in [1.54, 1.807) is 0 Å². The topological polar surface area (TPSA) is 35.2 Å². The molecule has 0 bridgehead atoms. The van der Waals surface area contributed by atoms with Crippen LogP contribution in [0.4, 0.5) is 0 Å². The first kappa shape index (κ1) is 14.0. The summed E-state index contributed by atoms with van der Waals surface area (Å²) >= 11 is 0. The van der Waals surface area contributed by atoms with Crippen molar-refractivity contribution in [2.75, 3.05) is 7.11 Å². The largest absolute Gasteiger partial charge is 0.377 e. The van der Waals surface area contributed by atoms with E-state index >= 15 is 0 Å². The molecule has 0 saturated heterocycles. The van der Waals surface area contributed by atoms with Gasteiger partial charge < -0.3 is 10.5 Å². The summed E-state index contributed by atoms with van der Waals surface area (Å²) in [7, 11) is 1.85. The average Bonchev–Trinajstić information content (AvgIpc) is 2.32. The number of methoxy groups -OCH3 is 1. The first-order valence-electron chi connectivity index (χ1n) is 6.90. The van der Waals surface area contributed by atoms with Crippen LogP contribution in [0.2, 0.25) is 0 Å². The second-order valence-electron chi connectivity index (χ2n) is 5.55. The Hall–Kier alpha value is -0.0800. The van der Waals surface area contributed by atoms with E-state index < -0.39 is 0 Å². The van der Waals surface area contributed by atoms with Gasteiger partial charge in [0.1, 0.15) is 0 Å². The van der Waals surface area contributed by atoms with Crippen molar-refractivity contribution in [2.45, 2.75) is 70.9 Å². The van der Waals surface area contributed by atoms with Crippen molar-refractivity contribution < 1.29 is 4.74 Å². The Morgan fingerprint density at radius 2 is 1.75 bits per heavy atom. The first-order valence-corrected chi connectivity index (χ1v) is 6.90. The Bertz CT molecular complexity index is 193. The zero-order valence-corrected chi connectivity index (χ0v) is 11.5. The molecule has 0 amide bonds. The fourth-order valence-corrected chi connectivity index (χ4v) is 3.15. The standard InChI is InChI=1S/C14H29NO/c1-5-12(6-2)13(15)14(16-4)9-7-11(3)8-10-14/h11-13H,5-10,15H2,1-4H3. The molecular weight excluding hydrogens is 198 g/mol. The van der Waals surface area contributed by atoms with Crippen LogP contribution < -0.4 is 5.73 Å². The van der Waals surface area contributed by atoms with E-state index in [1.165, 1.54) is 25.7 Å². The van der Waals surface area contributed by atoms with Crippen LogP contribution in [0.3, 0.4) is 0 Å². The van der Waals surface area contributed by atoms with E-state index in [2.05, 4.69) is 20.8 Å². The van der Waals surface area contributed by atoms with Crippen LogP contribution in [0.1, 0.15) is 59.3 Å². The van der Waals surface area contributed by atoms with E-state index in [0.29, 0.717) is 5.92 Å². The van der Waals surface area contributed by atoms with E-state index in [9.17, 15) is 0 Å². The Kier molecular flexibility index (Phi) is 5.26. The average molecular weight is 227 g/mol. The third-order valence-corrected chi connectivity index (χ3v) is 4.69. The van der Waals surface area contributed by atoms with Crippen LogP contribution in [0.15, 0.2) is 0 Å². The molecule has 0 aromatic carbocycles. The van der Waals surface area contributed by atoms with Crippen LogP contribution in [-0.2, 0) is 4.74 Å². The van der Waals surface area contributed by atoms with Crippen molar-refractivity contribution >= 4 is 0 Å². The molecule has 0 heterocycles. The van der Waals surface area contributed by atoms with Gasteiger partial charge in [-0.2, -0.15) is 0 Å². The number of rotatable bonds is 5. The summed E-state index contributed by atoms with van der Waals surface area (Å²) in [5.41, 5.74) is 6.44. The van der Waals surface area contributed by atoms with Gasteiger partial charge in [0, 0.05) is 13.2 Å². The Morgan fingerprint density at radius 3 is 2.12 bits per heavy atom. The second kappa shape index (κ2) is 6.02. The smallest absolute Gasteiger partial charge is 0.0831 e. The summed E-state index contributed by atoms with van der Waals surface area (Å²) in [5.74, 6) is 1.45. The molecule has 0 aromatic rings. The quantitative estimate of drug-likeness (QED) is 0.781. The van der Waals surface area contributed by atoms with Crippen molar-refractivity contribution in [3.63, 3.8) is 0 Å². The monoisotopic (exact) mass is 227 g/mol. The minimum atomic E-state index is -0.0385. The molecule has 1 atom stereocenters. The summed E-state index contributed by atoms with van der Waals surface area (Å²) in [6.07, 6.45) is 7.14. The van der Waals surface area contributed by atoms with E-state index in [0.717, 1.165) is 18.8 Å². The number of ether oxygens (including phenoxy) is 1. The third kappa shape index (κ3) is 2.78. The molecule has 16 heavy (non-hydrogen) atoms. The fourth-order valence-electron chi connectivity index (χ4n) is 3.15. The van der Waals surface area contributed by atoms with Crippen LogP contribution in [0.25, 0.3) is 0 Å². The van der Waals surface area contributed by atoms with E-state index in [-0.39, 0.29) is 11.6 Å². The second-order valence-corrected chi connectivity index (χ2v) is 5.55. The van der Waals surface area contributed by atoms with E-state index in [4.69, 9.17) is 10.5 Å². The molecule has 0 aromatic heterocycles. The van der Waals surface area contributed by atoms with Gasteiger partial charge in [-0.3, -0.25) is 0 Å². The fraction of sp³-hybridized carbons (Fsp3) is 1.00. The first-order chi connectivity index (χ1) is 7.59. The van der Waals surface area contributed by atoms with Crippen LogP contribution in [0, 0.1) is 11.8 Å². The van der Waals surface area contributed by atoms with Crippen molar-refractivity contribution in [1.29, 1.82) is 0 Å². The van der Waals surface area contributed by atoms with Crippen molar-refractivity contribution in [3.8, 4) is 0 Å². The molecule has 2 nitrogen and oxygen atoms in total. The molecule has 1 aliphatic rings. The maximum atomic E-state index is 6.48. The molecule has 96 valence electrons. The van der Waals surface area contributed by atoms with Crippen LogP contribution in [-0.4, -0.2) is 18.8 Å². The van der Waals surface area contributed by atoms with Gasteiger partial charge in [0.05, 0.1) is 5.60 Å². The summed E-state index contributed by atoms with van der Waals surface area (Å²) in [4.78, 5) is 0. The minimum absolute atomic E-state index is 0.0385. The molecule has 2 heteroatoms. The molecule has 1 aliphatic carbocycles. The van der Waals surface area contributed by atoms with Gasteiger partial charge >= 0.3 is 0 Å². The summed E-state index contributed by atoms with van der Waals surface area (Å²) in [6, 6.07) is 0.208. The van der Waals surface area contributed by atoms with Crippen LogP contribution in [0.5, 0.6) is 0 Å². The number of nitrogens with two attached hydrogens (primary N) is 1. The summed E-state index contributed by atoms with van der Waals surface area (Å²) in [6.45, 7) is 6.81. The van der Waals surface area contributed by atoms with Crippen LogP contribution >= 0.6 is 0 Å². The summed E-state index contributed by atoms with van der Waals surface area (Å²) < 4.78 is 5.85. The van der Waals surface area contributed by atoms with Gasteiger partial charge in [-0.1, -0.05) is 33.6 Å². The zero-order chi connectivity index (χ0) is 12.2. The predicted octanol–water partition coefficient (Wildman–Crippen LogP) is 3.35. The molecule has 1 saturated carbocycles. The van der Waals surface area contributed by atoms with Gasteiger partial charge in [-0.25, -0.2) is 0 Å². The molecule has 2 N–H and O–H groups in total. The van der Waals surface area contributed by atoms with Gasteiger partial charge in [-0.05, 0) is 37.5 Å². The normalized spacial score (nSPS) is 33.0. The molecule has 1 unspecified atom stereocenters. The Labute approximate surface area is 101 Å². The lowest BCUT2D eigenvalue weighted by molar-refractivity contribution is -0.0793. The highest BCUT2D eigenvalue weighted by molar-refractivity contribution is 4.97. The van der Waals surface area contributed by atoms with E-state index in [1.807, 2.05) is 7.11 Å². The predicted molar refractivity (Wildman–Crippen MR) is 69.4 cm³/mol. The van der Waals surface area contributed by atoms with Gasteiger partial charge in [-0.15, -0.1) is 0 Å². The molecule has 0 aliphatic heterocycles.